The molecule has 0 aliphatic carbocycles. The molecule has 1 aliphatic rings. The smallest absolute Gasteiger partial charge is 0.269 e. The Labute approximate surface area is 228 Å². The molecule has 0 radical (unpaired) electrons. The summed E-state index contributed by atoms with van der Waals surface area (Å²) in [7, 11) is 0. The van der Waals surface area contributed by atoms with Gasteiger partial charge in [0.25, 0.3) is 11.6 Å². The molecular formula is C27H21ClN6O3S. The summed E-state index contributed by atoms with van der Waals surface area (Å²) in [6, 6.07) is 22.0. The zero-order valence-corrected chi connectivity index (χ0v) is 21.6. The molecule has 0 bridgehead atoms. The first-order valence-corrected chi connectivity index (χ1v) is 12.3. The number of thiocarbonyl (C=S) groups is 1. The Morgan fingerprint density at radius 3 is 2.42 bits per heavy atom. The van der Waals surface area contributed by atoms with Gasteiger partial charge < -0.3 is 16.0 Å². The summed E-state index contributed by atoms with van der Waals surface area (Å²) < 4.78 is 1.76. The molecule has 1 atom stereocenters. The third kappa shape index (κ3) is 5.13. The van der Waals surface area contributed by atoms with Crippen molar-refractivity contribution in [2.45, 2.75) is 13.0 Å². The lowest BCUT2D eigenvalue weighted by Gasteiger charge is -2.30. The molecule has 2 heterocycles. The van der Waals surface area contributed by atoms with E-state index in [-0.39, 0.29) is 5.69 Å². The third-order valence-corrected chi connectivity index (χ3v) is 6.51. The fourth-order valence-corrected chi connectivity index (χ4v) is 4.63. The van der Waals surface area contributed by atoms with E-state index in [9.17, 15) is 14.9 Å². The number of benzene rings is 3. The summed E-state index contributed by atoms with van der Waals surface area (Å²) in [4.78, 5) is 24.1. The van der Waals surface area contributed by atoms with Crippen molar-refractivity contribution in [1.29, 1.82) is 0 Å². The molecule has 3 N–H and O–H groups in total. The molecule has 0 saturated carbocycles. The normalized spacial score (nSPS) is 15.0. The van der Waals surface area contributed by atoms with Gasteiger partial charge in [-0.1, -0.05) is 41.9 Å². The molecule has 0 saturated heterocycles. The summed E-state index contributed by atoms with van der Waals surface area (Å²) in [5.41, 5.74) is 4.39. The van der Waals surface area contributed by atoms with Gasteiger partial charge in [0, 0.05) is 45.9 Å². The van der Waals surface area contributed by atoms with Crippen LogP contribution in [-0.2, 0) is 4.79 Å². The van der Waals surface area contributed by atoms with Crippen molar-refractivity contribution in [3.8, 4) is 16.9 Å². The Bertz CT molecular complexity index is 1570. The molecule has 11 heteroatoms. The number of para-hydroxylation sites is 1. The SMILES string of the molecule is CC1=C(C(=O)Nc2ccc([N+](=O)[O-])cc2)[C@H](c2cn(-c3ccccc3)nc2-c2ccc(Cl)cc2)NC(=S)N1. The number of allylic oxidation sites excluding steroid dienone is 1. The van der Waals surface area contributed by atoms with Gasteiger partial charge in [0.1, 0.15) is 0 Å². The second kappa shape index (κ2) is 10.4. The van der Waals surface area contributed by atoms with Crippen LogP contribution in [-0.4, -0.2) is 25.7 Å². The molecule has 1 amide bonds. The van der Waals surface area contributed by atoms with E-state index in [1.807, 2.05) is 48.7 Å². The zero-order chi connectivity index (χ0) is 26.8. The van der Waals surface area contributed by atoms with Crippen LogP contribution >= 0.6 is 23.8 Å². The van der Waals surface area contributed by atoms with Gasteiger partial charge in [-0.25, -0.2) is 4.68 Å². The number of nitro benzene ring substituents is 1. The fourth-order valence-electron chi connectivity index (χ4n) is 4.24. The Balaban J connectivity index is 1.58. The molecular weight excluding hydrogens is 524 g/mol. The number of aromatic nitrogens is 2. The maximum absolute atomic E-state index is 13.6. The van der Waals surface area contributed by atoms with Gasteiger partial charge in [-0.3, -0.25) is 14.9 Å². The molecule has 0 fully saturated rings. The van der Waals surface area contributed by atoms with Crippen LogP contribution in [0.25, 0.3) is 16.9 Å². The predicted molar refractivity (Wildman–Crippen MR) is 150 cm³/mol. The zero-order valence-electron chi connectivity index (χ0n) is 20.0. The van der Waals surface area contributed by atoms with Crippen LogP contribution < -0.4 is 16.0 Å². The molecule has 38 heavy (non-hydrogen) atoms. The van der Waals surface area contributed by atoms with Gasteiger partial charge in [0.15, 0.2) is 5.11 Å². The van der Waals surface area contributed by atoms with E-state index in [1.54, 1.807) is 23.7 Å². The summed E-state index contributed by atoms with van der Waals surface area (Å²) in [6.45, 7) is 1.77. The molecule has 0 unspecified atom stereocenters. The Morgan fingerprint density at radius 1 is 1.08 bits per heavy atom. The van der Waals surface area contributed by atoms with Crippen LogP contribution in [0.1, 0.15) is 18.5 Å². The fraction of sp³-hybridized carbons (Fsp3) is 0.0741. The quantitative estimate of drug-likeness (QED) is 0.166. The average molecular weight is 545 g/mol. The first kappa shape index (κ1) is 25.1. The summed E-state index contributed by atoms with van der Waals surface area (Å²) in [5.74, 6) is -0.390. The van der Waals surface area contributed by atoms with E-state index in [0.717, 1.165) is 16.8 Å². The molecule has 190 valence electrons. The third-order valence-electron chi connectivity index (χ3n) is 6.04. The Kier molecular flexibility index (Phi) is 6.91. The van der Waals surface area contributed by atoms with Gasteiger partial charge in [-0.2, -0.15) is 5.10 Å². The number of carbonyl (C=O) groups is 1. The van der Waals surface area contributed by atoms with E-state index in [1.165, 1.54) is 24.3 Å². The number of amides is 1. The van der Waals surface area contributed by atoms with Crippen LogP contribution in [0.5, 0.6) is 0 Å². The second-order valence-corrected chi connectivity index (χ2v) is 9.39. The number of hydrogen-bond donors (Lipinski definition) is 3. The van der Waals surface area contributed by atoms with Crippen molar-refractivity contribution in [3.05, 3.63) is 117 Å². The minimum Gasteiger partial charge on any atom is -0.351 e. The highest BCUT2D eigenvalue weighted by Crippen LogP contribution is 2.35. The lowest BCUT2D eigenvalue weighted by molar-refractivity contribution is -0.384. The largest absolute Gasteiger partial charge is 0.351 e. The molecule has 4 aromatic rings. The summed E-state index contributed by atoms with van der Waals surface area (Å²) in [6.07, 6.45) is 1.87. The van der Waals surface area contributed by atoms with E-state index in [0.29, 0.717) is 32.8 Å². The molecule has 1 aromatic heterocycles. The van der Waals surface area contributed by atoms with Crippen LogP contribution in [0.3, 0.4) is 0 Å². The lowest BCUT2D eigenvalue weighted by Crippen LogP contribution is -2.45. The lowest BCUT2D eigenvalue weighted by atomic mass is 9.93. The number of non-ortho nitro benzene ring substituents is 1. The molecule has 5 rings (SSSR count). The minimum absolute atomic E-state index is 0.0662. The highest BCUT2D eigenvalue weighted by Gasteiger charge is 2.33. The monoisotopic (exact) mass is 544 g/mol. The standard InChI is InChI=1S/C27H21ClN6O3S/c1-16-23(26(35)30-19-11-13-21(14-12-19)34(36)37)25(31-27(38)29-16)22-15-33(20-5-3-2-4-6-20)32-24(22)17-7-9-18(28)10-8-17/h2-15,25H,1H3,(H,30,35)(H2,29,31,38)/t25-/m0/s1. The molecule has 3 aromatic carbocycles. The number of nitrogens with zero attached hydrogens (tertiary/aromatic N) is 3. The van der Waals surface area contributed by atoms with Crippen LogP contribution in [0.4, 0.5) is 11.4 Å². The average Bonchev–Trinajstić information content (AvgIpc) is 3.35. The van der Waals surface area contributed by atoms with Crippen molar-refractivity contribution in [3.63, 3.8) is 0 Å². The number of carbonyl (C=O) groups excluding carboxylic acids is 1. The van der Waals surface area contributed by atoms with Crippen LogP contribution in [0.15, 0.2) is 96.3 Å². The van der Waals surface area contributed by atoms with E-state index < -0.39 is 16.9 Å². The molecule has 1 aliphatic heterocycles. The first-order valence-electron chi connectivity index (χ1n) is 11.5. The number of nitrogens with one attached hydrogen (secondary N) is 3. The summed E-state index contributed by atoms with van der Waals surface area (Å²) >= 11 is 11.6. The van der Waals surface area contributed by atoms with Crippen molar-refractivity contribution < 1.29 is 9.72 Å². The predicted octanol–water partition coefficient (Wildman–Crippen LogP) is 5.53. The number of rotatable bonds is 6. The van der Waals surface area contributed by atoms with Gasteiger partial charge in [0.05, 0.1) is 27.9 Å². The van der Waals surface area contributed by atoms with Crippen molar-refractivity contribution >= 4 is 46.2 Å². The number of nitro groups is 1. The topological polar surface area (TPSA) is 114 Å². The number of anilines is 1. The van der Waals surface area contributed by atoms with E-state index in [4.69, 9.17) is 28.9 Å². The first-order chi connectivity index (χ1) is 18.3. The maximum Gasteiger partial charge on any atom is 0.269 e. The molecule has 9 nitrogen and oxygen atoms in total. The number of halogens is 1. The maximum atomic E-state index is 13.6. The van der Waals surface area contributed by atoms with Crippen molar-refractivity contribution in [1.82, 2.24) is 20.4 Å². The van der Waals surface area contributed by atoms with Gasteiger partial charge in [-0.15, -0.1) is 0 Å². The van der Waals surface area contributed by atoms with Crippen molar-refractivity contribution in [2.75, 3.05) is 5.32 Å². The summed E-state index contributed by atoms with van der Waals surface area (Å²) in [5, 5.41) is 25.9. The molecule has 0 spiro atoms. The van der Waals surface area contributed by atoms with Gasteiger partial charge >= 0.3 is 0 Å². The second-order valence-electron chi connectivity index (χ2n) is 8.55. The van der Waals surface area contributed by atoms with Crippen LogP contribution in [0, 0.1) is 10.1 Å². The minimum atomic E-state index is -0.634. The van der Waals surface area contributed by atoms with E-state index >= 15 is 0 Å². The Hall–Kier alpha value is -4.54. The van der Waals surface area contributed by atoms with E-state index in [2.05, 4.69) is 16.0 Å². The Morgan fingerprint density at radius 2 is 1.76 bits per heavy atom. The number of hydrogen-bond acceptors (Lipinski definition) is 5. The van der Waals surface area contributed by atoms with Crippen molar-refractivity contribution in [2.24, 2.45) is 0 Å². The highest BCUT2D eigenvalue weighted by atomic mass is 35.5. The highest BCUT2D eigenvalue weighted by molar-refractivity contribution is 7.80. The van der Waals surface area contributed by atoms with Crippen LogP contribution in [0.2, 0.25) is 5.02 Å². The van der Waals surface area contributed by atoms with Gasteiger partial charge in [-0.05, 0) is 55.5 Å². The van der Waals surface area contributed by atoms with Gasteiger partial charge in [0.2, 0.25) is 0 Å².